The standard InChI is InChI=1S/C24H34N2O4/c27-20-6-5-17(12-21(20)28)13-22-24(30)9-7-19(26-10-1-2-23(26)29)14-18(24)8-11-25(22)15-16-3-4-16/h5-6,12,16,18-19,22,27-28,30H,1-4,7-11,13-15H2/t18?,19?,22-,24?/m1/s1. The summed E-state index contributed by atoms with van der Waals surface area (Å²) in [5, 5.41) is 31.7. The topological polar surface area (TPSA) is 84.2 Å². The van der Waals surface area contributed by atoms with E-state index in [1.54, 1.807) is 6.07 Å². The van der Waals surface area contributed by atoms with Crippen molar-refractivity contribution in [1.82, 2.24) is 9.80 Å². The molecule has 0 spiro atoms. The molecule has 4 fully saturated rings. The maximum absolute atomic E-state index is 12.3. The molecule has 2 heterocycles. The second-order valence-electron chi connectivity index (χ2n) is 10.1. The predicted octanol–water partition coefficient (Wildman–Crippen LogP) is 2.65. The number of carbonyl (C=O) groups excluding carboxylic acids is 1. The largest absolute Gasteiger partial charge is 0.504 e. The van der Waals surface area contributed by atoms with Crippen LogP contribution in [0.4, 0.5) is 0 Å². The van der Waals surface area contributed by atoms with Gasteiger partial charge in [0.1, 0.15) is 0 Å². The van der Waals surface area contributed by atoms with Crippen LogP contribution < -0.4 is 0 Å². The van der Waals surface area contributed by atoms with E-state index in [4.69, 9.17) is 0 Å². The Labute approximate surface area is 178 Å². The summed E-state index contributed by atoms with van der Waals surface area (Å²) in [5.41, 5.74) is 0.182. The summed E-state index contributed by atoms with van der Waals surface area (Å²) in [7, 11) is 0. The lowest BCUT2D eigenvalue weighted by molar-refractivity contribution is -0.156. The second kappa shape index (κ2) is 7.72. The van der Waals surface area contributed by atoms with Crippen LogP contribution in [-0.2, 0) is 11.2 Å². The number of rotatable bonds is 5. The Bertz CT molecular complexity index is 810. The van der Waals surface area contributed by atoms with E-state index in [1.807, 2.05) is 6.07 Å². The molecule has 164 valence electrons. The van der Waals surface area contributed by atoms with Crippen molar-refractivity contribution >= 4 is 5.91 Å². The first-order valence-corrected chi connectivity index (χ1v) is 11.7. The highest BCUT2D eigenvalue weighted by molar-refractivity contribution is 5.78. The van der Waals surface area contributed by atoms with E-state index in [2.05, 4.69) is 9.80 Å². The van der Waals surface area contributed by atoms with Crippen LogP contribution in [0.25, 0.3) is 0 Å². The van der Waals surface area contributed by atoms with Crippen LogP contribution in [0.1, 0.15) is 56.9 Å². The van der Waals surface area contributed by atoms with Gasteiger partial charge in [0.25, 0.3) is 0 Å². The van der Waals surface area contributed by atoms with Crippen molar-refractivity contribution in [1.29, 1.82) is 0 Å². The Morgan fingerprint density at radius 1 is 1.07 bits per heavy atom. The molecule has 1 aromatic carbocycles. The van der Waals surface area contributed by atoms with Gasteiger partial charge in [0.05, 0.1) is 5.60 Å². The van der Waals surface area contributed by atoms with Crippen LogP contribution in [0.2, 0.25) is 0 Å². The van der Waals surface area contributed by atoms with Gasteiger partial charge in [0.15, 0.2) is 11.5 Å². The molecule has 4 atom stereocenters. The van der Waals surface area contributed by atoms with Crippen LogP contribution in [0, 0.1) is 11.8 Å². The molecule has 2 aliphatic carbocycles. The van der Waals surface area contributed by atoms with Gasteiger partial charge in [-0.25, -0.2) is 0 Å². The summed E-state index contributed by atoms with van der Waals surface area (Å²) in [6, 6.07) is 5.31. The molecule has 30 heavy (non-hydrogen) atoms. The predicted molar refractivity (Wildman–Crippen MR) is 113 cm³/mol. The smallest absolute Gasteiger partial charge is 0.222 e. The molecule has 5 rings (SSSR count). The number of benzene rings is 1. The lowest BCUT2D eigenvalue weighted by Crippen LogP contribution is -2.65. The van der Waals surface area contributed by atoms with Crippen molar-refractivity contribution in [3.63, 3.8) is 0 Å². The fourth-order valence-electron chi connectivity index (χ4n) is 6.27. The highest BCUT2D eigenvalue weighted by Crippen LogP contribution is 2.47. The number of hydrogen-bond acceptors (Lipinski definition) is 5. The molecule has 1 aromatic rings. The lowest BCUT2D eigenvalue weighted by atomic mass is 9.64. The Morgan fingerprint density at radius 2 is 1.90 bits per heavy atom. The van der Waals surface area contributed by atoms with E-state index >= 15 is 0 Å². The molecule has 3 unspecified atom stereocenters. The maximum Gasteiger partial charge on any atom is 0.222 e. The van der Waals surface area contributed by atoms with E-state index < -0.39 is 5.60 Å². The second-order valence-corrected chi connectivity index (χ2v) is 10.1. The molecular formula is C24H34N2O4. The average molecular weight is 415 g/mol. The number of amides is 1. The van der Waals surface area contributed by atoms with Crippen LogP contribution in [0.15, 0.2) is 18.2 Å². The zero-order chi connectivity index (χ0) is 20.9. The monoisotopic (exact) mass is 414 g/mol. The third-order valence-corrected chi connectivity index (χ3v) is 8.13. The van der Waals surface area contributed by atoms with Crippen LogP contribution >= 0.6 is 0 Å². The Balaban J connectivity index is 1.38. The molecule has 1 amide bonds. The minimum atomic E-state index is -0.764. The number of phenolic OH excluding ortho intramolecular Hbond substituents is 2. The summed E-state index contributed by atoms with van der Waals surface area (Å²) in [5.74, 6) is 1.03. The van der Waals surface area contributed by atoms with Crippen LogP contribution in [0.5, 0.6) is 11.5 Å². The first-order valence-electron chi connectivity index (χ1n) is 11.7. The van der Waals surface area contributed by atoms with Gasteiger partial charge in [-0.1, -0.05) is 6.07 Å². The number of hydrogen-bond donors (Lipinski definition) is 3. The Kier molecular flexibility index (Phi) is 5.18. The number of carbonyl (C=O) groups is 1. The summed E-state index contributed by atoms with van der Waals surface area (Å²) in [6.45, 7) is 2.90. The normalized spacial score (nSPS) is 34.9. The Morgan fingerprint density at radius 3 is 2.60 bits per heavy atom. The van der Waals surface area contributed by atoms with Crippen LogP contribution in [0.3, 0.4) is 0 Å². The van der Waals surface area contributed by atoms with E-state index in [0.29, 0.717) is 12.8 Å². The number of phenols is 2. The number of likely N-dealkylation sites (tertiary alicyclic amines) is 2. The van der Waals surface area contributed by atoms with Gasteiger partial charge in [0, 0.05) is 31.6 Å². The summed E-state index contributed by atoms with van der Waals surface area (Å²) in [4.78, 5) is 16.8. The van der Waals surface area contributed by atoms with Crippen molar-refractivity contribution in [2.75, 3.05) is 19.6 Å². The van der Waals surface area contributed by atoms with Gasteiger partial charge in [-0.3, -0.25) is 9.69 Å². The van der Waals surface area contributed by atoms with Gasteiger partial charge >= 0.3 is 0 Å². The lowest BCUT2D eigenvalue weighted by Gasteiger charge is -2.56. The molecule has 3 N–H and O–H groups in total. The molecule has 0 radical (unpaired) electrons. The van der Waals surface area contributed by atoms with E-state index in [9.17, 15) is 20.1 Å². The van der Waals surface area contributed by atoms with Crippen LogP contribution in [-0.4, -0.2) is 68.3 Å². The number of aliphatic hydroxyl groups is 1. The average Bonchev–Trinajstić information content (AvgIpc) is 3.44. The number of piperidine rings is 1. The van der Waals surface area contributed by atoms with Crippen molar-refractivity contribution in [2.24, 2.45) is 11.8 Å². The Hall–Kier alpha value is -1.79. The molecule has 2 saturated heterocycles. The van der Waals surface area contributed by atoms with Gasteiger partial charge in [0.2, 0.25) is 5.91 Å². The molecule has 0 aromatic heterocycles. The first-order chi connectivity index (χ1) is 14.4. The molecule has 4 aliphatic rings. The molecule has 6 heteroatoms. The summed E-state index contributed by atoms with van der Waals surface area (Å²) < 4.78 is 0. The fourth-order valence-corrected chi connectivity index (χ4v) is 6.27. The molecule has 2 saturated carbocycles. The van der Waals surface area contributed by atoms with Gasteiger partial charge in [-0.05, 0) is 87.4 Å². The zero-order valence-electron chi connectivity index (χ0n) is 17.7. The van der Waals surface area contributed by atoms with Gasteiger partial charge in [-0.15, -0.1) is 0 Å². The number of nitrogens with zero attached hydrogens (tertiary/aromatic N) is 2. The minimum absolute atomic E-state index is 0.0102. The SMILES string of the molecule is O=C1CCCN1C1CCC2(O)C(CCN(CC3CC3)[C@@H]2Cc2ccc(O)c(O)c2)C1. The number of aromatic hydroxyl groups is 2. The van der Waals surface area contributed by atoms with E-state index in [0.717, 1.165) is 63.2 Å². The fraction of sp³-hybridized carbons (Fsp3) is 0.708. The van der Waals surface area contributed by atoms with E-state index in [1.165, 1.54) is 18.9 Å². The van der Waals surface area contributed by atoms with Gasteiger partial charge in [-0.2, -0.15) is 0 Å². The van der Waals surface area contributed by atoms with Crippen molar-refractivity contribution in [3.8, 4) is 11.5 Å². The third-order valence-electron chi connectivity index (χ3n) is 8.13. The molecule has 6 nitrogen and oxygen atoms in total. The summed E-state index contributed by atoms with van der Waals surface area (Å²) in [6.07, 6.45) is 8.35. The van der Waals surface area contributed by atoms with Crippen molar-refractivity contribution in [2.45, 2.75) is 75.5 Å². The summed E-state index contributed by atoms with van der Waals surface area (Å²) >= 11 is 0. The quantitative estimate of drug-likeness (QED) is 0.645. The molecule has 0 bridgehead atoms. The minimum Gasteiger partial charge on any atom is -0.504 e. The van der Waals surface area contributed by atoms with E-state index in [-0.39, 0.29) is 35.4 Å². The highest BCUT2D eigenvalue weighted by atomic mass is 16.3. The molecular weight excluding hydrogens is 380 g/mol. The third kappa shape index (κ3) is 3.69. The maximum atomic E-state index is 12.3. The van der Waals surface area contributed by atoms with Crippen molar-refractivity contribution in [3.05, 3.63) is 23.8 Å². The highest BCUT2D eigenvalue weighted by Gasteiger charge is 2.53. The number of fused-ring (bicyclic) bond motifs is 1. The van der Waals surface area contributed by atoms with Crippen molar-refractivity contribution < 1.29 is 20.1 Å². The van der Waals surface area contributed by atoms with Gasteiger partial charge < -0.3 is 20.2 Å². The molecule has 2 aliphatic heterocycles. The first kappa shape index (κ1) is 20.1. The zero-order valence-corrected chi connectivity index (χ0v) is 17.7.